The average molecular weight is 340 g/mol. The fourth-order valence-corrected chi connectivity index (χ4v) is 3.03. The SMILES string of the molecule is COCCOc1ccc(NC(=O)CN2CCCc3ccccc32)cc1. The molecule has 0 radical (unpaired) electrons. The number of nitrogens with one attached hydrogen (secondary N) is 1. The monoisotopic (exact) mass is 340 g/mol. The summed E-state index contributed by atoms with van der Waals surface area (Å²) in [5.41, 5.74) is 3.26. The van der Waals surface area contributed by atoms with E-state index in [-0.39, 0.29) is 5.91 Å². The zero-order valence-electron chi connectivity index (χ0n) is 14.5. The Kier molecular flexibility index (Phi) is 5.90. The van der Waals surface area contributed by atoms with Crippen LogP contribution in [0.5, 0.6) is 5.75 Å². The van der Waals surface area contributed by atoms with Crippen molar-refractivity contribution in [3.63, 3.8) is 0 Å². The molecule has 0 saturated carbocycles. The number of ether oxygens (including phenoxy) is 2. The number of hydrogen-bond acceptors (Lipinski definition) is 4. The molecule has 0 aromatic heterocycles. The van der Waals surface area contributed by atoms with Crippen molar-refractivity contribution in [2.24, 2.45) is 0 Å². The number of nitrogens with zero attached hydrogens (tertiary/aromatic N) is 1. The fourth-order valence-electron chi connectivity index (χ4n) is 3.03. The van der Waals surface area contributed by atoms with Crippen molar-refractivity contribution in [1.82, 2.24) is 0 Å². The van der Waals surface area contributed by atoms with Gasteiger partial charge in [-0.15, -0.1) is 0 Å². The maximum atomic E-state index is 12.4. The predicted octanol–water partition coefficient (Wildman–Crippen LogP) is 3.10. The highest BCUT2D eigenvalue weighted by atomic mass is 16.5. The largest absolute Gasteiger partial charge is 0.491 e. The summed E-state index contributed by atoms with van der Waals surface area (Å²) in [6.45, 7) is 2.34. The number of amides is 1. The van der Waals surface area contributed by atoms with Gasteiger partial charge in [0.15, 0.2) is 0 Å². The number of carbonyl (C=O) groups excluding carboxylic acids is 1. The normalized spacial score (nSPS) is 13.2. The Balaban J connectivity index is 1.55. The summed E-state index contributed by atoms with van der Waals surface area (Å²) >= 11 is 0. The first-order chi connectivity index (χ1) is 12.3. The second kappa shape index (κ2) is 8.53. The molecule has 0 aliphatic carbocycles. The van der Waals surface area contributed by atoms with Gasteiger partial charge in [-0.25, -0.2) is 0 Å². The van der Waals surface area contributed by atoms with Gasteiger partial charge >= 0.3 is 0 Å². The highest BCUT2D eigenvalue weighted by Gasteiger charge is 2.18. The number of para-hydroxylation sites is 1. The van der Waals surface area contributed by atoms with E-state index in [0.717, 1.165) is 30.8 Å². The van der Waals surface area contributed by atoms with E-state index in [0.29, 0.717) is 19.8 Å². The molecule has 3 rings (SSSR count). The van der Waals surface area contributed by atoms with Gasteiger partial charge in [-0.1, -0.05) is 18.2 Å². The van der Waals surface area contributed by atoms with Gasteiger partial charge in [-0.05, 0) is 48.7 Å². The summed E-state index contributed by atoms with van der Waals surface area (Å²) < 4.78 is 10.5. The van der Waals surface area contributed by atoms with E-state index in [9.17, 15) is 4.79 Å². The topological polar surface area (TPSA) is 50.8 Å². The van der Waals surface area contributed by atoms with Gasteiger partial charge < -0.3 is 19.7 Å². The van der Waals surface area contributed by atoms with Crippen LogP contribution in [-0.4, -0.2) is 39.3 Å². The molecule has 0 unspecified atom stereocenters. The molecular weight excluding hydrogens is 316 g/mol. The molecule has 132 valence electrons. The molecule has 5 nitrogen and oxygen atoms in total. The van der Waals surface area contributed by atoms with E-state index in [1.165, 1.54) is 11.3 Å². The van der Waals surface area contributed by atoms with Gasteiger partial charge in [0, 0.05) is 25.0 Å². The van der Waals surface area contributed by atoms with E-state index in [1.54, 1.807) is 7.11 Å². The smallest absolute Gasteiger partial charge is 0.243 e. The Hall–Kier alpha value is -2.53. The third kappa shape index (κ3) is 4.73. The van der Waals surface area contributed by atoms with Crippen molar-refractivity contribution in [3.8, 4) is 5.75 Å². The third-order valence-corrected chi connectivity index (χ3v) is 4.24. The van der Waals surface area contributed by atoms with Gasteiger partial charge in [-0.2, -0.15) is 0 Å². The number of benzene rings is 2. The second-order valence-corrected chi connectivity index (χ2v) is 6.07. The molecule has 1 amide bonds. The standard InChI is InChI=1S/C20H24N2O3/c1-24-13-14-25-18-10-8-17(9-11-18)21-20(23)15-22-12-4-6-16-5-2-3-7-19(16)22/h2-3,5,7-11H,4,6,12-15H2,1H3,(H,21,23). The number of methoxy groups -OCH3 is 1. The Bertz CT molecular complexity index is 700. The molecular formula is C20H24N2O3. The van der Waals surface area contributed by atoms with Crippen LogP contribution >= 0.6 is 0 Å². The molecule has 0 spiro atoms. The van der Waals surface area contributed by atoms with Crippen LogP contribution in [-0.2, 0) is 16.0 Å². The van der Waals surface area contributed by atoms with Crippen LogP contribution in [0.25, 0.3) is 0 Å². The minimum Gasteiger partial charge on any atom is -0.491 e. The summed E-state index contributed by atoms with van der Waals surface area (Å²) in [6, 6.07) is 15.7. The molecule has 0 bridgehead atoms. The van der Waals surface area contributed by atoms with E-state index in [4.69, 9.17) is 9.47 Å². The first-order valence-corrected chi connectivity index (χ1v) is 8.61. The molecule has 1 N–H and O–H groups in total. The summed E-state index contributed by atoms with van der Waals surface area (Å²) in [5.74, 6) is 0.754. The molecule has 2 aromatic carbocycles. The van der Waals surface area contributed by atoms with Crippen LogP contribution in [0.3, 0.4) is 0 Å². The molecule has 25 heavy (non-hydrogen) atoms. The molecule has 1 heterocycles. The summed E-state index contributed by atoms with van der Waals surface area (Å²) in [6.07, 6.45) is 2.16. The number of hydrogen-bond donors (Lipinski definition) is 1. The van der Waals surface area contributed by atoms with E-state index in [2.05, 4.69) is 28.4 Å². The lowest BCUT2D eigenvalue weighted by molar-refractivity contribution is -0.115. The highest BCUT2D eigenvalue weighted by molar-refractivity contribution is 5.94. The zero-order valence-corrected chi connectivity index (χ0v) is 14.5. The Morgan fingerprint density at radius 3 is 2.72 bits per heavy atom. The van der Waals surface area contributed by atoms with E-state index in [1.807, 2.05) is 30.3 Å². The van der Waals surface area contributed by atoms with Crippen molar-refractivity contribution in [1.29, 1.82) is 0 Å². The van der Waals surface area contributed by atoms with Crippen LogP contribution in [0.2, 0.25) is 0 Å². The maximum Gasteiger partial charge on any atom is 0.243 e. The molecule has 1 aliphatic rings. The van der Waals surface area contributed by atoms with Gasteiger partial charge in [0.1, 0.15) is 12.4 Å². The number of fused-ring (bicyclic) bond motifs is 1. The number of carbonyl (C=O) groups is 1. The molecule has 0 atom stereocenters. The van der Waals surface area contributed by atoms with Gasteiger partial charge in [-0.3, -0.25) is 4.79 Å². The number of anilines is 2. The summed E-state index contributed by atoms with van der Waals surface area (Å²) in [7, 11) is 1.64. The summed E-state index contributed by atoms with van der Waals surface area (Å²) in [4.78, 5) is 14.5. The minimum atomic E-state index is -0.00949. The molecule has 5 heteroatoms. The molecule has 1 aliphatic heterocycles. The Morgan fingerprint density at radius 1 is 1.12 bits per heavy atom. The Morgan fingerprint density at radius 2 is 1.92 bits per heavy atom. The van der Waals surface area contributed by atoms with Crippen molar-refractivity contribution in [2.75, 3.05) is 43.6 Å². The zero-order chi connectivity index (χ0) is 17.5. The van der Waals surface area contributed by atoms with Crippen LogP contribution in [0.1, 0.15) is 12.0 Å². The maximum absolute atomic E-state index is 12.4. The van der Waals surface area contributed by atoms with Crippen molar-refractivity contribution < 1.29 is 14.3 Å². The first kappa shape index (κ1) is 17.3. The minimum absolute atomic E-state index is 0.00949. The fraction of sp³-hybridized carbons (Fsp3) is 0.350. The van der Waals surface area contributed by atoms with Gasteiger partial charge in [0.25, 0.3) is 0 Å². The van der Waals surface area contributed by atoms with Crippen LogP contribution < -0.4 is 15.0 Å². The number of rotatable bonds is 7. The molecule has 2 aromatic rings. The van der Waals surface area contributed by atoms with Crippen LogP contribution in [0.4, 0.5) is 11.4 Å². The predicted molar refractivity (Wildman–Crippen MR) is 99.4 cm³/mol. The quantitative estimate of drug-likeness (QED) is 0.787. The lowest BCUT2D eigenvalue weighted by atomic mass is 10.0. The van der Waals surface area contributed by atoms with Crippen molar-refractivity contribution in [3.05, 3.63) is 54.1 Å². The second-order valence-electron chi connectivity index (χ2n) is 6.07. The molecule has 0 saturated heterocycles. The van der Waals surface area contributed by atoms with Crippen LogP contribution in [0, 0.1) is 0 Å². The lowest BCUT2D eigenvalue weighted by Gasteiger charge is -2.30. The van der Waals surface area contributed by atoms with Crippen molar-refractivity contribution in [2.45, 2.75) is 12.8 Å². The van der Waals surface area contributed by atoms with E-state index >= 15 is 0 Å². The summed E-state index contributed by atoms with van der Waals surface area (Å²) in [5, 5.41) is 2.95. The van der Waals surface area contributed by atoms with Crippen molar-refractivity contribution >= 4 is 17.3 Å². The third-order valence-electron chi connectivity index (χ3n) is 4.24. The number of aryl methyl sites for hydroxylation is 1. The molecule has 0 fully saturated rings. The lowest BCUT2D eigenvalue weighted by Crippen LogP contribution is -2.36. The van der Waals surface area contributed by atoms with E-state index < -0.39 is 0 Å². The first-order valence-electron chi connectivity index (χ1n) is 8.61. The average Bonchev–Trinajstić information content (AvgIpc) is 2.64. The Labute approximate surface area is 148 Å². The van der Waals surface area contributed by atoms with Gasteiger partial charge in [0.05, 0.1) is 13.2 Å². The van der Waals surface area contributed by atoms with Gasteiger partial charge in [0.2, 0.25) is 5.91 Å². The van der Waals surface area contributed by atoms with Crippen LogP contribution in [0.15, 0.2) is 48.5 Å². The highest BCUT2D eigenvalue weighted by Crippen LogP contribution is 2.26.